The van der Waals surface area contributed by atoms with Crippen molar-refractivity contribution < 1.29 is 22.3 Å². The minimum Gasteiger partial charge on any atom is -0.406 e. The van der Waals surface area contributed by atoms with Crippen molar-refractivity contribution >= 4 is 5.69 Å². The van der Waals surface area contributed by atoms with E-state index in [1.807, 2.05) is 6.07 Å². The highest BCUT2D eigenvalue weighted by Gasteiger charge is 2.30. The summed E-state index contributed by atoms with van der Waals surface area (Å²) in [5, 5.41) is 11.6. The van der Waals surface area contributed by atoms with Gasteiger partial charge >= 0.3 is 6.36 Å². The molecule has 0 aromatic heterocycles. The Kier molecular flexibility index (Phi) is 4.51. The molecule has 7 heteroatoms. The summed E-state index contributed by atoms with van der Waals surface area (Å²) >= 11 is 0. The number of benzene rings is 2. The van der Waals surface area contributed by atoms with Crippen molar-refractivity contribution in [1.82, 2.24) is 0 Å². The Morgan fingerprint density at radius 1 is 1.09 bits per heavy atom. The van der Waals surface area contributed by atoms with Gasteiger partial charge in [-0.1, -0.05) is 0 Å². The van der Waals surface area contributed by atoms with E-state index in [1.165, 1.54) is 30.3 Å². The van der Waals surface area contributed by atoms with E-state index in [0.717, 1.165) is 12.1 Å². The first-order valence-corrected chi connectivity index (χ1v) is 6.15. The molecule has 22 heavy (non-hydrogen) atoms. The van der Waals surface area contributed by atoms with Crippen molar-refractivity contribution in [2.24, 2.45) is 0 Å². The SMILES string of the molecule is N#Cc1ccc(F)c(CNc2ccc(OC(F)(F)F)cc2)c1. The Balaban J connectivity index is 2.02. The molecule has 2 rings (SSSR count). The monoisotopic (exact) mass is 310 g/mol. The fourth-order valence-corrected chi connectivity index (χ4v) is 1.75. The summed E-state index contributed by atoms with van der Waals surface area (Å²) in [7, 11) is 0. The maximum absolute atomic E-state index is 13.6. The predicted molar refractivity (Wildman–Crippen MR) is 71.6 cm³/mol. The molecule has 2 aromatic carbocycles. The van der Waals surface area contributed by atoms with E-state index in [9.17, 15) is 17.6 Å². The smallest absolute Gasteiger partial charge is 0.406 e. The highest BCUT2D eigenvalue weighted by atomic mass is 19.4. The number of rotatable bonds is 4. The minimum atomic E-state index is -4.74. The van der Waals surface area contributed by atoms with Crippen LogP contribution in [0.1, 0.15) is 11.1 Å². The average Bonchev–Trinajstić information content (AvgIpc) is 2.46. The zero-order chi connectivity index (χ0) is 16.2. The van der Waals surface area contributed by atoms with Crippen LogP contribution in [0.25, 0.3) is 0 Å². The van der Waals surface area contributed by atoms with Crippen LogP contribution in [0.5, 0.6) is 5.75 Å². The van der Waals surface area contributed by atoms with E-state index >= 15 is 0 Å². The molecule has 2 aromatic rings. The highest BCUT2D eigenvalue weighted by molar-refractivity contribution is 5.47. The molecule has 0 heterocycles. The van der Waals surface area contributed by atoms with E-state index in [4.69, 9.17) is 5.26 Å². The van der Waals surface area contributed by atoms with Crippen LogP contribution in [-0.4, -0.2) is 6.36 Å². The second-order valence-corrected chi connectivity index (χ2v) is 4.34. The summed E-state index contributed by atoms with van der Waals surface area (Å²) < 4.78 is 53.4. The number of nitrogens with zero attached hydrogens (tertiary/aromatic N) is 1. The Bertz CT molecular complexity index is 690. The van der Waals surface area contributed by atoms with Gasteiger partial charge in [-0.25, -0.2) is 4.39 Å². The van der Waals surface area contributed by atoms with Crippen LogP contribution in [-0.2, 0) is 6.54 Å². The summed E-state index contributed by atoms with van der Waals surface area (Å²) in [5.74, 6) is -0.806. The lowest BCUT2D eigenvalue weighted by molar-refractivity contribution is -0.274. The zero-order valence-electron chi connectivity index (χ0n) is 11.1. The van der Waals surface area contributed by atoms with Crippen LogP contribution in [0.4, 0.5) is 23.2 Å². The maximum Gasteiger partial charge on any atom is 0.573 e. The first kappa shape index (κ1) is 15.6. The molecular weight excluding hydrogens is 300 g/mol. The number of hydrogen-bond donors (Lipinski definition) is 1. The molecule has 0 aliphatic heterocycles. The van der Waals surface area contributed by atoms with Gasteiger partial charge in [-0.05, 0) is 42.5 Å². The lowest BCUT2D eigenvalue weighted by Gasteiger charge is -2.11. The standard InChI is InChI=1S/C15H10F4N2O/c16-14-6-1-10(8-20)7-11(14)9-21-12-2-4-13(5-3-12)22-15(17,18)19/h1-7,21H,9H2. The van der Waals surface area contributed by atoms with Crippen molar-refractivity contribution in [1.29, 1.82) is 5.26 Å². The van der Waals surface area contributed by atoms with Gasteiger partial charge in [0.1, 0.15) is 11.6 Å². The van der Waals surface area contributed by atoms with Crippen LogP contribution in [0, 0.1) is 17.1 Å². The van der Waals surface area contributed by atoms with Crippen molar-refractivity contribution in [3.63, 3.8) is 0 Å². The van der Waals surface area contributed by atoms with Gasteiger partial charge in [-0.2, -0.15) is 5.26 Å². The minimum absolute atomic E-state index is 0.0980. The van der Waals surface area contributed by atoms with E-state index in [1.54, 1.807) is 0 Å². The lowest BCUT2D eigenvalue weighted by Crippen LogP contribution is -2.17. The summed E-state index contributed by atoms with van der Waals surface area (Å²) in [5.41, 5.74) is 1.11. The van der Waals surface area contributed by atoms with Gasteiger partial charge < -0.3 is 10.1 Å². The van der Waals surface area contributed by atoms with E-state index in [0.29, 0.717) is 11.3 Å². The number of hydrogen-bond acceptors (Lipinski definition) is 3. The van der Waals surface area contributed by atoms with Crippen LogP contribution < -0.4 is 10.1 Å². The summed E-state index contributed by atoms with van der Waals surface area (Å²) in [4.78, 5) is 0. The second-order valence-electron chi connectivity index (χ2n) is 4.34. The molecule has 0 unspecified atom stereocenters. The number of halogens is 4. The first-order chi connectivity index (χ1) is 10.4. The van der Waals surface area contributed by atoms with Gasteiger partial charge in [0.15, 0.2) is 0 Å². The molecule has 0 saturated carbocycles. The number of nitriles is 1. The second kappa shape index (κ2) is 6.35. The largest absolute Gasteiger partial charge is 0.573 e. The van der Waals surface area contributed by atoms with Gasteiger partial charge in [0.2, 0.25) is 0 Å². The summed E-state index contributed by atoms with van der Waals surface area (Å²) in [6, 6.07) is 10.9. The molecule has 0 spiro atoms. The third-order valence-electron chi connectivity index (χ3n) is 2.75. The van der Waals surface area contributed by atoms with Crippen LogP contribution in [0.3, 0.4) is 0 Å². The van der Waals surface area contributed by atoms with Gasteiger partial charge in [-0.15, -0.1) is 13.2 Å². The highest BCUT2D eigenvalue weighted by Crippen LogP contribution is 2.24. The molecule has 0 atom stereocenters. The van der Waals surface area contributed by atoms with Crippen LogP contribution in [0.2, 0.25) is 0 Å². The average molecular weight is 310 g/mol. The quantitative estimate of drug-likeness (QED) is 0.861. The van der Waals surface area contributed by atoms with Crippen LogP contribution >= 0.6 is 0 Å². The Hall–Kier alpha value is -2.75. The number of ether oxygens (including phenoxy) is 1. The number of alkyl halides is 3. The van der Waals surface area contributed by atoms with Crippen molar-refractivity contribution in [3.05, 3.63) is 59.4 Å². The molecule has 0 amide bonds. The molecule has 0 radical (unpaired) electrons. The molecule has 0 bridgehead atoms. The number of anilines is 1. The van der Waals surface area contributed by atoms with Gasteiger partial charge in [0, 0.05) is 17.8 Å². The molecule has 114 valence electrons. The number of nitrogens with one attached hydrogen (secondary N) is 1. The molecule has 0 aliphatic carbocycles. The lowest BCUT2D eigenvalue weighted by atomic mass is 10.1. The zero-order valence-corrected chi connectivity index (χ0v) is 11.1. The molecule has 0 fully saturated rings. The fourth-order valence-electron chi connectivity index (χ4n) is 1.75. The maximum atomic E-state index is 13.6. The third kappa shape index (κ3) is 4.38. The first-order valence-electron chi connectivity index (χ1n) is 6.15. The molecule has 3 nitrogen and oxygen atoms in total. The molecule has 0 saturated heterocycles. The van der Waals surface area contributed by atoms with Gasteiger partial charge in [-0.3, -0.25) is 0 Å². The van der Waals surface area contributed by atoms with Crippen molar-refractivity contribution in [2.45, 2.75) is 12.9 Å². The Morgan fingerprint density at radius 3 is 2.36 bits per heavy atom. The third-order valence-corrected chi connectivity index (χ3v) is 2.75. The van der Waals surface area contributed by atoms with E-state index in [-0.39, 0.29) is 17.9 Å². The van der Waals surface area contributed by atoms with Crippen molar-refractivity contribution in [2.75, 3.05) is 5.32 Å². The van der Waals surface area contributed by atoms with Gasteiger partial charge in [0.05, 0.1) is 11.6 Å². The fraction of sp³-hybridized carbons (Fsp3) is 0.133. The van der Waals surface area contributed by atoms with E-state index < -0.39 is 12.2 Å². The van der Waals surface area contributed by atoms with Crippen molar-refractivity contribution in [3.8, 4) is 11.8 Å². The molecule has 1 N–H and O–H groups in total. The normalized spacial score (nSPS) is 10.9. The Labute approximate surface area is 123 Å². The topological polar surface area (TPSA) is 45.0 Å². The Morgan fingerprint density at radius 2 is 1.77 bits per heavy atom. The van der Waals surface area contributed by atoms with Crippen LogP contribution in [0.15, 0.2) is 42.5 Å². The summed E-state index contributed by atoms with van der Waals surface area (Å²) in [6.45, 7) is 0.0980. The van der Waals surface area contributed by atoms with E-state index in [2.05, 4.69) is 10.1 Å². The van der Waals surface area contributed by atoms with Gasteiger partial charge in [0.25, 0.3) is 0 Å². The summed E-state index contributed by atoms with van der Waals surface area (Å²) in [6.07, 6.45) is -4.74. The molecule has 0 aliphatic rings. The molecular formula is C15H10F4N2O. The predicted octanol–water partition coefficient (Wildman–Crippen LogP) is 4.21.